The predicted molar refractivity (Wildman–Crippen MR) is 58.1 cm³/mol. The molecule has 1 saturated heterocycles. The zero-order chi connectivity index (χ0) is 9.31. The molecule has 0 bridgehead atoms. The van der Waals surface area contributed by atoms with Gasteiger partial charge in [0.1, 0.15) is 0 Å². The van der Waals surface area contributed by atoms with Crippen molar-refractivity contribution in [2.75, 3.05) is 5.75 Å². The average Bonchev–Trinajstić information content (AvgIpc) is 2.53. The van der Waals surface area contributed by atoms with Gasteiger partial charge >= 0.3 is 0 Å². The van der Waals surface area contributed by atoms with Gasteiger partial charge in [0.25, 0.3) is 0 Å². The van der Waals surface area contributed by atoms with Crippen LogP contribution in [0.25, 0.3) is 0 Å². The second kappa shape index (κ2) is 3.82. The molecule has 2 fully saturated rings. The number of aliphatic hydroxyl groups excluding tert-OH is 1. The molecule has 2 heteroatoms. The van der Waals surface area contributed by atoms with Crippen molar-refractivity contribution >= 4 is 11.8 Å². The van der Waals surface area contributed by atoms with Crippen molar-refractivity contribution in [3.63, 3.8) is 0 Å². The molecule has 1 heterocycles. The second-order valence-corrected chi connectivity index (χ2v) is 6.33. The lowest BCUT2D eigenvalue weighted by Gasteiger charge is -2.40. The van der Waals surface area contributed by atoms with Crippen molar-refractivity contribution in [2.45, 2.75) is 56.8 Å². The molecule has 2 atom stereocenters. The fourth-order valence-electron chi connectivity index (χ4n) is 2.53. The predicted octanol–water partition coefficient (Wildman–Crippen LogP) is 2.82. The molecule has 2 unspecified atom stereocenters. The smallest absolute Gasteiger partial charge is 0.0664 e. The minimum atomic E-state index is -0.0298. The third kappa shape index (κ3) is 2.21. The SMILES string of the molecule is CC1(CC(O)C2CCCS2)CCC1. The van der Waals surface area contributed by atoms with Crippen LogP contribution in [0.4, 0.5) is 0 Å². The Labute approximate surface area is 85.3 Å². The standard InChI is InChI=1S/C11H20OS/c1-11(5-3-6-11)8-9(12)10-4-2-7-13-10/h9-10,12H,2-8H2,1H3. The topological polar surface area (TPSA) is 20.2 Å². The van der Waals surface area contributed by atoms with Gasteiger partial charge in [-0.1, -0.05) is 13.3 Å². The zero-order valence-electron chi connectivity index (χ0n) is 8.46. The fourth-order valence-corrected chi connectivity index (χ4v) is 3.81. The highest BCUT2D eigenvalue weighted by Gasteiger charge is 2.36. The molecule has 0 aromatic rings. The zero-order valence-corrected chi connectivity index (χ0v) is 9.28. The van der Waals surface area contributed by atoms with E-state index in [4.69, 9.17) is 0 Å². The van der Waals surface area contributed by atoms with Crippen molar-refractivity contribution in [3.8, 4) is 0 Å². The summed E-state index contributed by atoms with van der Waals surface area (Å²) in [6, 6.07) is 0. The molecule has 76 valence electrons. The highest BCUT2D eigenvalue weighted by atomic mass is 32.2. The van der Waals surface area contributed by atoms with Crippen LogP contribution in [-0.4, -0.2) is 22.2 Å². The summed E-state index contributed by atoms with van der Waals surface area (Å²) in [5.41, 5.74) is 0.489. The minimum absolute atomic E-state index is 0.0298. The summed E-state index contributed by atoms with van der Waals surface area (Å²) in [6.45, 7) is 2.33. The Bertz CT molecular complexity index is 171. The molecule has 0 aromatic heterocycles. The average molecular weight is 200 g/mol. The fraction of sp³-hybridized carbons (Fsp3) is 1.00. The summed E-state index contributed by atoms with van der Waals surface area (Å²) in [5.74, 6) is 1.26. The Morgan fingerprint density at radius 3 is 2.69 bits per heavy atom. The lowest BCUT2D eigenvalue weighted by atomic mass is 9.67. The highest BCUT2D eigenvalue weighted by molar-refractivity contribution is 8.00. The van der Waals surface area contributed by atoms with Crippen LogP contribution in [0.15, 0.2) is 0 Å². The van der Waals surface area contributed by atoms with Gasteiger partial charge in [0.15, 0.2) is 0 Å². The summed E-state index contributed by atoms with van der Waals surface area (Å²) in [7, 11) is 0. The lowest BCUT2D eigenvalue weighted by molar-refractivity contribution is 0.0537. The van der Waals surface area contributed by atoms with Crippen molar-refractivity contribution in [3.05, 3.63) is 0 Å². The van der Waals surface area contributed by atoms with E-state index in [1.54, 1.807) is 0 Å². The summed E-state index contributed by atoms with van der Waals surface area (Å²) >= 11 is 1.98. The Morgan fingerprint density at radius 1 is 1.46 bits per heavy atom. The molecular formula is C11H20OS. The largest absolute Gasteiger partial charge is 0.392 e. The number of aliphatic hydroxyl groups is 1. The van der Waals surface area contributed by atoms with E-state index in [2.05, 4.69) is 6.92 Å². The van der Waals surface area contributed by atoms with Crippen LogP contribution in [0, 0.1) is 5.41 Å². The molecule has 2 rings (SSSR count). The maximum Gasteiger partial charge on any atom is 0.0664 e. The summed E-state index contributed by atoms with van der Waals surface area (Å²) in [6.07, 6.45) is 7.61. The first-order valence-electron chi connectivity index (χ1n) is 5.49. The molecule has 1 N–H and O–H groups in total. The molecule has 1 saturated carbocycles. The van der Waals surface area contributed by atoms with E-state index in [9.17, 15) is 5.11 Å². The number of rotatable bonds is 3. The third-order valence-corrected chi connectivity index (χ3v) is 5.16. The lowest BCUT2D eigenvalue weighted by Crippen LogP contribution is -2.34. The Balaban J connectivity index is 1.79. The molecule has 1 aliphatic carbocycles. The van der Waals surface area contributed by atoms with E-state index in [0.717, 1.165) is 6.42 Å². The van der Waals surface area contributed by atoms with Gasteiger partial charge in [0.2, 0.25) is 0 Å². The van der Waals surface area contributed by atoms with E-state index in [-0.39, 0.29) is 6.10 Å². The van der Waals surface area contributed by atoms with Crippen LogP contribution < -0.4 is 0 Å². The molecule has 0 radical (unpaired) electrons. The first-order valence-corrected chi connectivity index (χ1v) is 6.54. The summed E-state index contributed by atoms with van der Waals surface area (Å²) < 4.78 is 0. The van der Waals surface area contributed by atoms with Gasteiger partial charge in [-0.25, -0.2) is 0 Å². The third-order valence-electron chi connectivity index (χ3n) is 3.66. The van der Waals surface area contributed by atoms with Crippen molar-refractivity contribution in [1.82, 2.24) is 0 Å². The van der Waals surface area contributed by atoms with Crippen LogP contribution in [0.3, 0.4) is 0 Å². The molecule has 13 heavy (non-hydrogen) atoms. The first-order chi connectivity index (χ1) is 6.20. The number of hydrogen-bond donors (Lipinski definition) is 1. The molecule has 0 spiro atoms. The first kappa shape index (κ1) is 9.85. The van der Waals surface area contributed by atoms with Crippen LogP contribution in [0.2, 0.25) is 0 Å². The monoisotopic (exact) mass is 200 g/mol. The summed E-state index contributed by atoms with van der Waals surface area (Å²) in [4.78, 5) is 0. The Morgan fingerprint density at radius 2 is 2.23 bits per heavy atom. The van der Waals surface area contributed by atoms with E-state index >= 15 is 0 Å². The maximum atomic E-state index is 10.0. The van der Waals surface area contributed by atoms with E-state index < -0.39 is 0 Å². The van der Waals surface area contributed by atoms with E-state index in [1.807, 2.05) is 11.8 Å². The van der Waals surface area contributed by atoms with Gasteiger partial charge in [0.05, 0.1) is 6.10 Å². The van der Waals surface area contributed by atoms with Crippen molar-refractivity contribution in [1.29, 1.82) is 0 Å². The van der Waals surface area contributed by atoms with Crippen LogP contribution in [0.5, 0.6) is 0 Å². The van der Waals surface area contributed by atoms with Crippen molar-refractivity contribution < 1.29 is 5.11 Å². The molecule has 1 aliphatic heterocycles. The van der Waals surface area contributed by atoms with E-state index in [1.165, 1.54) is 37.9 Å². The van der Waals surface area contributed by atoms with Gasteiger partial charge in [-0.2, -0.15) is 11.8 Å². The van der Waals surface area contributed by atoms with E-state index in [0.29, 0.717) is 10.7 Å². The van der Waals surface area contributed by atoms with Gasteiger partial charge in [-0.15, -0.1) is 0 Å². The second-order valence-electron chi connectivity index (χ2n) is 4.99. The molecule has 1 nitrogen and oxygen atoms in total. The Kier molecular flexibility index (Phi) is 2.89. The molecular weight excluding hydrogens is 180 g/mol. The van der Waals surface area contributed by atoms with Crippen LogP contribution in [-0.2, 0) is 0 Å². The quantitative estimate of drug-likeness (QED) is 0.756. The Hall–Kier alpha value is 0.310. The van der Waals surface area contributed by atoms with Gasteiger partial charge in [-0.05, 0) is 43.3 Å². The molecule has 0 aromatic carbocycles. The van der Waals surface area contributed by atoms with Crippen LogP contribution in [0.1, 0.15) is 45.4 Å². The number of hydrogen-bond acceptors (Lipinski definition) is 2. The molecule has 2 aliphatic rings. The maximum absolute atomic E-state index is 10.0. The highest BCUT2D eigenvalue weighted by Crippen LogP contribution is 2.46. The van der Waals surface area contributed by atoms with Gasteiger partial charge in [0, 0.05) is 5.25 Å². The minimum Gasteiger partial charge on any atom is -0.392 e. The molecule has 0 amide bonds. The van der Waals surface area contributed by atoms with Crippen LogP contribution >= 0.6 is 11.8 Å². The number of thioether (sulfide) groups is 1. The van der Waals surface area contributed by atoms with Crippen molar-refractivity contribution in [2.24, 2.45) is 5.41 Å². The normalized spacial score (nSPS) is 34.2. The summed E-state index contributed by atoms with van der Waals surface area (Å²) in [5, 5.41) is 10.6. The van der Waals surface area contributed by atoms with Gasteiger partial charge in [-0.3, -0.25) is 0 Å². The van der Waals surface area contributed by atoms with Gasteiger partial charge < -0.3 is 5.11 Å².